The van der Waals surface area contributed by atoms with Gasteiger partial charge >= 0.3 is 11.9 Å². The highest BCUT2D eigenvalue weighted by Crippen LogP contribution is 2.34. The van der Waals surface area contributed by atoms with E-state index in [4.69, 9.17) is 14.2 Å². The Morgan fingerprint density at radius 3 is 2.19 bits per heavy atom. The van der Waals surface area contributed by atoms with E-state index >= 15 is 0 Å². The number of nitrogens with one attached hydrogen (secondary N) is 1. The zero-order valence-corrected chi connectivity index (χ0v) is 15.7. The number of rotatable bonds is 6. The van der Waals surface area contributed by atoms with Gasteiger partial charge in [-0.05, 0) is 43.7 Å². The van der Waals surface area contributed by atoms with Crippen LogP contribution < -0.4 is 10.1 Å². The van der Waals surface area contributed by atoms with Crippen LogP contribution in [0.3, 0.4) is 0 Å². The van der Waals surface area contributed by atoms with Gasteiger partial charge in [0.2, 0.25) is 0 Å². The van der Waals surface area contributed by atoms with Gasteiger partial charge in [0.15, 0.2) is 0 Å². The van der Waals surface area contributed by atoms with Crippen LogP contribution in [0.1, 0.15) is 42.9 Å². The van der Waals surface area contributed by atoms with Crippen molar-refractivity contribution in [1.29, 1.82) is 0 Å². The third kappa shape index (κ3) is 4.02. The number of ether oxygens (including phenoxy) is 3. The first-order chi connectivity index (χ1) is 12.4. The Morgan fingerprint density at radius 2 is 1.65 bits per heavy atom. The molecule has 0 spiro atoms. The Labute approximate surface area is 154 Å². The van der Waals surface area contributed by atoms with Crippen LogP contribution in [0.4, 0.5) is 5.00 Å². The van der Waals surface area contributed by atoms with E-state index in [2.05, 4.69) is 5.32 Å². The lowest BCUT2D eigenvalue weighted by atomic mass is 10.1. The van der Waals surface area contributed by atoms with Crippen LogP contribution >= 0.6 is 11.3 Å². The van der Waals surface area contributed by atoms with Gasteiger partial charge in [0, 0.05) is 5.56 Å². The lowest BCUT2D eigenvalue weighted by Crippen LogP contribution is -2.14. The van der Waals surface area contributed by atoms with Crippen LogP contribution in [-0.4, -0.2) is 38.7 Å². The van der Waals surface area contributed by atoms with Gasteiger partial charge in [0.1, 0.15) is 15.6 Å². The van der Waals surface area contributed by atoms with Crippen LogP contribution in [0.25, 0.3) is 0 Å². The Kier molecular flexibility index (Phi) is 6.35. The number of thiophene rings is 1. The van der Waals surface area contributed by atoms with E-state index < -0.39 is 17.8 Å². The molecule has 138 valence electrons. The molecule has 0 aliphatic carbocycles. The SMILES string of the molecule is CCOc1ccc(C(=O)Nc2sc(C(=O)OC)c(C)c2C(=O)OC)cc1. The smallest absolute Gasteiger partial charge is 0.348 e. The molecular formula is C18H19NO6S. The average Bonchev–Trinajstić information content (AvgIpc) is 2.97. The third-order valence-corrected chi connectivity index (χ3v) is 4.75. The molecule has 2 rings (SSSR count). The molecule has 1 amide bonds. The van der Waals surface area contributed by atoms with Crippen molar-refractivity contribution in [2.75, 3.05) is 26.1 Å². The highest BCUT2D eigenvalue weighted by Gasteiger charge is 2.26. The number of benzene rings is 1. The summed E-state index contributed by atoms with van der Waals surface area (Å²) in [5.74, 6) is -0.995. The van der Waals surface area contributed by atoms with E-state index in [0.29, 0.717) is 23.5 Å². The summed E-state index contributed by atoms with van der Waals surface area (Å²) in [5.41, 5.74) is 0.919. The lowest BCUT2D eigenvalue weighted by molar-refractivity contribution is 0.0601. The highest BCUT2D eigenvalue weighted by atomic mass is 32.1. The summed E-state index contributed by atoms with van der Waals surface area (Å²) in [6.45, 7) is 3.99. The van der Waals surface area contributed by atoms with Crippen LogP contribution in [0.5, 0.6) is 5.75 Å². The topological polar surface area (TPSA) is 90.9 Å². The minimum Gasteiger partial charge on any atom is -0.494 e. The van der Waals surface area contributed by atoms with E-state index in [1.165, 1.54) is 14.2 Å². The molecule has 0 saturated carbocycles. The van der Waals surface area contributed by atoms with E-state index in [1.807, 2.05) is 6.92 Å². The van der Waals surface area contributed by atoms with Gasteiger partial charge < -0.3 is 19.5 Å². The number of carbonyl (C=O) groups excluding carboxylic acids is 3. The third-order valence-electron chi connectivity index (χ3n) is 3.56. The number of hydrogen-bond acceptors (Lipinski definition) is 7. The van der Waals surface area contributed by atoms with Crippen molar-refractivity contribution in [3.05, 3.63) is 45.8 Å². The Hall–Kier alpha value is -2.87. The van der Waals surface area contributed by atoms with E-state index in [9.17, 15) is 14.4 Å². The van der Waals surface area contributed by atoms with Crippen molar-refractivity contribution < 1.29 is 28.6 Å². The summed E-state index contributed by atoms with van der Waals surface area (Å²) in [6, 6.07) is 6.58. The van der Waals surface area contributed by atoms with Crippen molar-refractivity contribution in [2.24, 2.45) is 0 Å². The second-order valence-corrected chi connectivity index (χ2v) is 6.18. The van der Waals surface area contributed by atoms with E-state index in [0.717, 1.165) is 11.3 Å². The zero-order chi connectivity index (χ0) is 19.3. The highest BCUT2D eigenvalue weighted by molar-refractivity contribution is 7.18. The molecule has 0 fully saturated rings. The molecule has 0 radical (unpaired) electrons. The molecule has 0 aliphatic rings. The van der Waals surface area contributed by atoms with Gasteiger partial charge in [-0.1, -0.05) is 0 Å². The molecular weight excluding hydrogens is 358 g/mol. The van der Waals surface area contributed by atoms with Gasteiger partial charge in [0.25, 0.3) is 5.91 Å². The summed E-state index contributed by atoms with van der Waals surface area (Å²) in [5, 5.41) is 2.89. The maximum atomic E-state index is 12.5. The molecule has 7 nitrogen and oxygen atoms in total. The van der Waals surface area contributed by atoms with Crippen LogP contribution in [0.2, 0.25) is 0 Å². The number of esters is 2. The van der Waals surface area contributed by atoms with Crippen molar-refractivity contribution in [3.63, 3.8) is 0 Å². The normalized spacial score (nSPS) is 10.2. The summed E-state index contributed by atoms with van der Waals surface area (Å²) in [7, 11) is 2.48. The molecule has 0 bridgehead atoms. The first-order valence-electron chi connectivity index (χ1n) is 7.77. The molecule has 2 aromatic rings. The maximum absolute atomic E-state index is 12.5. The monoisotopic (exact) mass is 377 g/mol. The molecule has 1 heterocycles. The van der Waals surface area contributed by atoms with Gasteiger partial charge in [0.05, 0.1) is 26.4 Å². The number of hydrogen-bond donors (Lipinski definition) is 1. The second kappa shape index (κ2) is 8.48. The molecule has 1 N–H and O–H groups in total. The standard InChI is InChI=1S/C18H19NO6S/c1-5-25-12-8-6-11(7-9-12)15(20)19-16-13(17(21)23-3)10(2)14(26-16)18(22)24-4/h6-9H,5H2,1-4H3,(H,19,20). The van der Waals surface area contributed by atoms with Crippen LogP contribution in [-0.2, 0) is 9.47 Å². The molecule has 8 heteroatoms. The molecule has 26 heavy (non-hydrogen) atoms. The predicted octanol–water partition coefficient (Wildman–Crippen LogP) is 3.28. The van der Waals surface area contributed by atoms with Crippen molar-refractivity contribution in [1.82, 2.24) is 0 Å². The first kappa shape index (κ1) is 19.5. The molecule has 0 atom stereocenters. The molecule has 1 aromatic carbocycles. The van der Waals surface area contributed by atoms with Crippen molar-refractivity contribution in [2.45, 2.75) is 13.8 Å². The van der Waals surface area contributed by atoms with Crippen LogP contribution in [0.15, 0.2) is 24.3 Å². The number of carbonyl (C=O) groups is 3. The largest absolute Gasteiger partial charge is 0.494 e. The first-order valence-corrected chi connectivity index (χ1v) is 8.58. The van der Waals surface area contributed by atoms with Gasteiger partial charge in [-0.2, -0.15) is 0 Å². The second-order valence-electron chi connectivity index (χ2n) is 5.15. The zero-order valence-electron chi connectivity index (χ0n) is 14.9. The van der Waals surface area contributed by atoms with Gasteiger partial charge in [-0.3, -0.25) is 4.79 Å². The number of amides is 1. The summed E-state index contributed by atoms with van der Waals surface area (Å²) in [4.78, 5) is 36.7. The molecule has 0 aliphatic heterocycles. The van der Waals surface area contributed by atoms with Crippen LogP contribution in [0, 0.1) is 6.92 Å². The Balaban J connectivity index is 2.33. The minimum absolute atomic E-state index is 0.136. The molecule has 0 unspecified atom stereocenters. The average molecular weight is 377 g/mol. The fraction of sp³-hybridized carbons (Fsp3) is 0.278. The number of methoxy groups -OCH3 is 2. The molecule has 0 saturated heterocycles. The quantitative estimate of drug-likeness (QED) is 0.777. The maximum Gasteiger partial charge on any atom is 0.348 e. The number of anilines is 1. The summed E-state index contributed by atoms with van der Waals surface area (Å²) in [6.07, 6.45) is 0. The van der Waals surface area contributed by atoms with Crippen molar-refractivity contribution >= 4 is 34.2 Å². The Bertz CT molecular complexity index is 825. The van der Waals surface area contributed by atoms with Gasteiger partial charge in [-0.15, -0.1) is 11.3 Å². The fourth-order valence-corrected chi connectivity index (χ4v) is 3.39. The lowest BCUT2D eigenvalue weighted by Gasteiger charge is -2.07. The molecule has 1 aromatic heterocycles. The minimum atomic E-state index is -0.643. The van der Waals surface area contributed by atoms with Crippen molar-refractivity contribution in [3.8, 4) is 5.75 Å². The summed E-state index contributed by atoms with van der Waals surface area (Å²) < 4.78 is 14.8. The summed E-state index contributed by atoms with van der Waals surface area (Å²) >= 11 is 0.965. The van der Waals surface area contributed by atoms with Gasteiger partial charge in [-0.25, -0.2) is 9.59 Å². The van der Waals surface area contributed by atoms with E-state index in [-0.39, 0.29) is 15.4 Å². The Morgan fingerprint density at radius 1 is 1.04 bits per heavy atom. The predicted molar refractivity (Wildman–Crippen MR) is 97.3 cm³/mol. The fourth-order valence-electron chi connectivity index (χ4n) is 2.28. The van der Waals surface area contributed by atoms with E-state index in [1.54, 1.807) is 31.2 Å².